The summed E-state index contributed by atoms with van der Waals surface area (Å²) < 4.78 is 0. The summed E-state index contributed by atoms with van der Waals surface area (Å²) in [5.74, 6) is 0. The molecule has 1 aliphatic heterocycles. The standard InChI is InChI=1S/C11H14N2/c1-2-6-10-9(5-1)12-11(13-10)7-3-4-8-11/h1-2,5-6,12-13H,3-4,7-8H2. The molecular formula is C11H14N2. The Hall–Kier alpha value is -1.18. The van der Waals surface area contributed by atoms with Gasteiger partial charge in [-0.2, -0.15) is 0 Å². The van der Waals surface area contributed by atoms with E-state index in [0.717, 1.165) is 0 Å². The molecule has 1 aromatic rings. The monoisotopic (exact) mass is 174 g/mol. The molecule has 0 atom stereocenters. The van der Waals surface area contributed by atoms with Crippen LogP contribution >= 0.6 is 0 Å². The molecule has 1 aromatic carbocycles. The van der Waals surface area contributed by atoms with Crippen molar-refractivity contribution in [2.45, 2.75) is 31.3 Å². The Morgan fingerprint density at radius 3 is 2.00 bits per heavy atom. The SMILES string of the molecule is c1ccc2c(c1)NC1(CCCC1)N2. The second-order valence-corrected chi connectivity index (χ2v) is 4.08. The van der Waals surface area contributed by atoms with E-state index in [9.17, 15) is 0 Å². The Labute approximate surface area is 78.3 Å². The number of hydrogen-bond acceptors (Lipinski definition) is 2. The van der Waals surface area contributed by atoms with Crippen LogP contribution in [0.2, 0.25) is 0 Å². The molecule has 3 rings (SSSR count). The van der Waals surface area contributed by atoms with Crippen LogP contribution in [0.3, 0.4) is 0 Å². The van der Waals surface area contributed by atoms with E-state index in [2.05, 4.69) is 34.9 Å². The fraction of sp³-hybridized carbons (Fsp3) is 0.455. The van der Waals surface area contributed by atoms with Crippen molar-refractivity contribution in [2.75, 3.05) is 10.6 Å². The van der Waals surface area contributed by atoms with Crippen molar-refractivity contribution in [3.63, 3.8) is 0 Å². The second kappa shape index (κ2) is 2.41. The van der Waals surface area contributed by atoms with Gasteiger partial charge in [-0.3, -0.25) is 0 Å². The summed E-state index contributed by atoms with van der Waals surface area (Å²) in [5, 5.41) is 7.20. The largest absolute Gasteiger partial charge is 0.361 e. The lowest BCUT2D eigenvalue weighted by atomic mass is 10.1. The summed E-state index contributed by atoms with van der Waals surface area (Å²) in [6, 6.07) is 8.47. The highest BCUT2D eigenvalue weighted by Crippen LogP contribution is 2.41. The lowest BCUT2D eigenvalue weighted by Gasteiger charge is -2.24. The highest BCUT2D eigenvalue weighted by atomic mass is 15.3. The van der Waals surface area contributed by atoms with Crippen LogP contribution in [0.1, 0.15) is 25.7 Å². The van der Waals surface area contributed by atoms with E-state index in [1.54, 1.807) is 0 Å². The predicted molar refractivity (Wildman–Crippen MR) is 54.9 cm³/mol. The highest BCUT2D eigenvalue weighted by Gasteiger charge is 2.38. The molecular weight excluding hydrogens is 160 g/mol. The molecule has 1 fully saturated rings. The van der Waals surface area contributed by atoms with Crippen LogP contribution in [-0.2, 0) is 0 Å². The van der Waals surface area contributed by atoms with E-state index in [1.807, 2.05) is 0 Å². The average Bonchev–Trinajstić information content (AvgIpc) is 2.72. The van der Waals surface area contributed by atoms with E-state index in [1.165, 1.54) is 37.1 Å². The smallest absolute Gasteiger partial charge is 0.108 e. The lowest BCUT2D eigenvalue weighted by molar-refractivity contribution is 0.566. The summed E-state index contributed by atoms with van der Waals surface area (Å²) in [5.41, 5.74) is 2.73. The zero-order valence-electron chi connectivity index (χ0n) is 7.64. The minimum atomic E-state index is 0.198. The molecule has 0 bridgehead atoms. The first-order chi connectivity index (χ1) is 6.38. The molecule has 2 aliphatic rings. The molecule has 2 nitrogen and oxygen atoms in total. The van der Waals surface area contributed by atoms with Crippen molar-refractivity contribution >= 4 is 11.4 Å². The fourth-order valence-corrected chi connectivity index (χ4v) is 2.48. The van der Waals surface area contributed by atoms with Crippen LogP contribution in [0.15, 0.2) is 24.3 Å². The number of hydrogen-bond donors (Lipinski definition) is 2. The van der Waals surface area contributed by atoms with E-state index >= 15 is 0 Å². The maximum atomic E-state index is 3.60. The molecule has 0 unspecified atom stereocenters. The molecule has 1 heterocycles. The van der Waals surface area contributed by atoms with Crippen molar-refractivity contribution in [1.82, 2.24) is 0 Å². The van der Waals surface area contributed by atoms with Gasteiger partial charge >= 0.3 is 0 Å². The zero-order valence-corrected chi connectivity index (χ0v) is 7.64. The topological polar surface area (TPSA) is 24.1 Å². The lowest BCUT2D eigenvalue weighted by Crippen LogP contribution is -2.38. The van der Waals surface area contributed by atoms with Crippen LogP contribution in [0.25, 0.3) is 0 Å². The van der Waals surface area contributed by atoms with E-state index in [-0.39, 0.29) is 5.66 Å². The Balaban J connectivity index is 1.96. The van der Waals surface area contributed by atoms with Gasteiger partial charge in [0.2, 0.25) is 0 Å². The van der Waals surface area contributed by atoms with Crippen LogP contribution in [0, 0.1) is 0 Å². The third-order valence-corrected chi connectivity index (χ3v) is 3.13. The molecule has 68 valence electrons. The third-order valence-electron chi connectivity index (χ3n) is 3.13. The summed E-state index contributed by atoms with van der Waals surface area (Å²) in [4.78, 5) is 0. The summed E-state index contributed by atoms with van der Waals surface area (Å²) >= 11 is 0. The van der Waals surface area contributed by atoms with Gasteiger partial charge in [0.1, 0.15) is 5.66 Å². The number of nitrogens with one attached hydrogen (secondary N) is 2. The van der Waals surface area contributed by atoms with Gasteiger partial charge in [-0.05, 0) is 37.8 Å². The Morgan fingerprint density at radius 2 is 1.46 bits per heavy atom. The molecule has 1 saturated carbocycles. The fourth-order valence-electron chi connectivity index (χ4n) is 2.48. The Morgan fingerprint density at radius 1 is 0.923 bits per heavy atom. The minimum absolute atomic E-state index is 0.198. The van der Waals surface area contributed by atoms with Gasteiger partial charge in [0, 0.05) is 0 Å². The van der Waals surface area contributed by atoms with Crippen molar-refractivity contribution < 1.29 is 0 Å². The predicted octanol–water partition coefficient (Wildman–Crippen LogP) is 2.79. The highest BCUT2D eigenvalue weighted by molar-refractivity contribution is 5.76. The van der Waals surface area contributed by atoms with Gasteiger partial charge in [-0.15, -0.1) is 0 Å². The molecule has 0 amide bonds. The number of para-hydroxylation sites is 2. The van der Waals surface area contributed by atoms with Crippen LogP contribution in [0.4, 0.5) is 11.4 Å². The third kappa shape index (κ3) is 1.01. The van der Waals surface area contributed by atoms with Crippen LogP contribution < -0.4 is 10.6 Å². The van der Waals surface area contributed by atoms with Gasteiger partial charge in [0.05, 0.1) is 11.4 Å². The Kier molecular flexibility index (Phi) is 1.34. The summed E-state index contributed by atoms with van der Waals surface area (Å²) in [7, 11) is 0. The summed E-state index contributed by atoms with van der Waals surface area (Å²) in [6.07, 6.45) is 5.19. The first-order valence-corrected chi connectivity index (χ1v) is 5.03. The number of benzene rings is 1. The molecule has 0 aromatic heterocycles. The maximum absolute atomic E-state index is 3.60. The molecule has 0 radical (unpaired) electrons. The quantitative estimate of drug-likeness (QED) is 0.632. The molecule has 13 heavy (non-hydrogen) atoms. The molecule has 1 aliphatic carbocycles. The first kappa shape index (κ1) is 7.25. The van der Waals surface area contributed by atoms with Crippen molar-refractivity contribution in [1.29, 1.82) is 0 Å². The van der Waals surface area contributed by atoms with E-state index in [4.69, 9.17) is 0 Å². The van der Waals surface area contributed by atoms with Crippen molar-refractivity contribution in [2.24, 2.45) is 0 Å². The van der Waals surface area contributed by atoms with Gasteiger partial charge in [0.25, 0.3) is 0 Å². The molecule has 2 heteroatoms. The Bertz CT molecular complexity index is 300. The molecule has 0 saturated heterocycles. The minimum Gasteiger partial charge on any atom is -0.361 e. The zero-order chi connectivity index (χ0) is 8.73. The first-order valence-electron chi connectivity index (χ1n) is 5.03. The van der Waals surface area contributed by atoms with Crippen molar-refractivity contribution in [3.05, 3.63) is 24.3 Å². The van der Waals surface area contributed by atoms with E-state index in [0.29, 0.717) is 0 Å². The van der Waals surface area contributed by atoms with Crippen molar-refractivity contribution in [3.8, 4) is 0 Å². The maximum Gasteiger partial charge on any atom is 0.108 e. The van der Waals surface area contributed by atoms with Gasteiger partial charge in [-0.1, -0.05) is 12.1 Å². The van der Waals surface area contributed by atoms with E-state index < -0.39 is 0 Å². The second-order valence-electron chi connectivity index (χ2n) is 4.08. The number of anilines is 2. The van der Waals surface area contributed by atoms with Gasteiger partial charge < -0.3 is 10.6 Å². The number of fused-ring (bicyclic) bond motifs is 1. The van der Waals surface area contributed by atoms with Gasteiger partial charge in [-0.25, -0.2) is 0 Å². The normalized spacial score (nSPS) is 22.5. The van der Waals surface area contributed by atoms with Gasteiger partial charge in [0.15, 0.2) is 0 Å². The summed E-state index contributed by atoms with van der Waals surface area (Å²) in [6.45, 7) is 0. The van der Waals surface area contributed by atoms with Crippen LogP contribution in [0.5, 0.6) is 0 Å². The average molecular weight is 174 g/mol. The van der Waals surface area contributed by atoms with Crippen LogP contribution in [-0.4, -0.2) is 5.66 Å². The molecule has 2 N–H and O–H groups in total. The molecule has 1 spiro atoms. The number of rotatable bonds is 0.